The van der Waals surface area contributed by atoms with Gasteiger partial charge in [-0.05, 0) is 36.1 Å². The Kier molecular flexibility index (Phi) is 4.18. The Morgan fingerprint density at radius 3 is 2.08 bits per heavy atom. The first-order valence-electron chi connectivity index (χ1n) is 8.56. The number of hydrogen-bond acceptors (Lipinski definition) is 3. The van der Waals surface area contributed by atoms with Gasteiger partial charge < -0.3 is 4.42 Å². The monoisotopic (exact) mass is 326 g/mol. The lowest BCUT2D eigenvalue weighted by atomic mass is 10.1. The Labute approximate surface area is 147 Å². The highest BCUT2D eigenvalue weighted by atomic mass is 16.3. The molecule has 1 aromatic heterocycles. The lowest BCUT2D eigenvalue weighted by Crippen LogP contribution is -2.08. The van der Waals surface area contributed by atoms with E-state index in [1.807, 2.05) is 36.4 Å². The van der Waals surface area contributed by atoms with E-state index in [0.29, 0.717) is 0 Å². The average molecular weight is 326 g/mol. The van der Waals surface area contributed by atoms with Crippen LogP contribution in [0.25, 0.3) is 11.1 Å². The molecule has 1 unspecified atom stereocenters. The van der Waals surface area contributed by atoms with Gasteiger partial charge in [-0.15, -0.1) is 0 Å². The molecule has 3 aromatic rings. The van der Waals surface area contributed by atoms with E-state index in [2.05, 4.69) is 30.3 Å². The van der Waals surface area contributed by atoms with Gasteiger partial charge in [-0.2, -0.15) is 5.26 Å². The summed E-state index contributed by atoms with van der Waals surface area (Å²) in [4.78, 5) is 4.82. The fourth-order valence-electron chi connectivity index (χ4n) is 3.37. The van der Waals surface area contributed by atoms with Gasteiger partial charge in [0, 0.05) is 17.5 Å². The van der Waals surface area contributed by atoms with E-state index < -0.39 is 0 Å². The SMILES string of the molecule is N#CC(CCCc1ccco1)N=C1c2ccccc2-c2ccccc21. The molecule has 0 amide bonds. The number of aryl methyl sites for hydroxylation is 1. The molecule has 1 aliphatic rings. The van der Waals surface area contributed by atoms with Gasteiger partial charge in [0.25, 0.3) is 0 Å². The first-order chi connectivity index (χ1) is 12.4. The zero-order valence-corrected chi connectivity index (χ0v) is 13.9. The fraction of sp³-hybridized carbons (Fsp3) is 0.182. The highest BCUT2D eigenvalue weighted by Gasteiger charge is 2.24. The quantitative estimate of drug-likeness (QED) is 0.517. The average Bonchev–Trinajstić information content (AvgIpc) is 3.28. The van der Waals surface area contributed by atoms with Crippen molar-refractivity contribution in [3.63, 3.8) is 0 Å². The zero-order chi connectivity index (χ0) is 17.1. The molecule has 1 aliphatic carbocycles. The standard InChI is InChI=1S/C22H18N2O/c23-15-16(7-5-8-17-9-6-14-25-17)24-22-20-12-3-1-10-18(20)19-11-2-4-13-21(19)22/h1-4,6,9-14,16H,5,7-8H2. The molecule has 2 aromatic carbocycles. The molecule has 25 heavy (non-hydrogen) atoms. The van der Waals surface area contributed by atoms with Gasteiger partial charge in [0.05, 0.1) is 18.0 Å². The van der Waals surface area contributed by atoms with Crippen LogP contribution in [0.2, 0.25) is 0 Å². The third-order valence-corrected chi connectivity index (χ3v) is 4.57. The van der Waals surface area contributed by atoms with Gasteiger partial charge in [0.15, 0.2) is 0 Å². The maximum Gasteiger partial charge on any atom is 0.137 e. The maximum atomic E-state index is 9.56. The number of aliphatic imine (C=N–C) groups is 1. The van der Waals surface area contributed by atoms with Crippen LogP contribution in [0, 0.1) is 11.3 Å². The van der Waals surface area contributed by atoms with Gasteiger partial charge in [-0.3, -0.25) is 4.99 Å². The van der Waals surface area contributed by atoms with Crippen molar-refractivity contribution in [1.82, 2.24) is 0 Å². The molecule has 0 saturated carbocycles. The minimum Gasteiger partial charge on any atom is -0.469 e. The van der Waals surface area contributed by atoms with Crippen LogP contribution in [0.5, 0.6) is 0 Å². The van der Waals surface area contributed by atoms with E-state index in [9.17, 15) is 5.26 Å². The van der Waals surface area contributed by atoms with Crippen molar-refractivity contribution in [2.24, 2.45) is 4.99 Å². The minimum absolute atomic E-state index is 0.343. The van der Waals surface area contributed by atoms with Crippen LogP contribution in [-0.2, 0) is 6.42 Å². The van der Waals surface area contributed by atoms with Crippen LogP contribution in [0.3, 0.4) is 0 Å². The summed E-state index contributed by atoms with van der Waals surface area (Å²) in [6.07, 6.45) is 4.13. The minimum atomic E-state index is -0.343. The van der Waals surface area contributed by atoms with Crippen molar-refractivity contribution in [2.75, 3.05) is 0 Å². The maximum absolute atomic E-state index is 9.56. The molecule has 3 heteroatoms. The number of nitrogens with zero attached hydrogens (tertiary/aromatic N) is 2. The Bertz CT molecular complexity index is 901. The van der Waals surface area contributed by atoms with Gasteiger partial charge in [-0.1, -0.05) is 48.5 Å². The van der Waals surface area contributed by atoms with Crippen molar-refractivity contribution in [3.8, 4) is 17.2 Å². The highest BCUT2D eigenvalue weighted by molar-refractivity contribution is 6.24. The summed E-state index contributed by atoms with van der Waals surface area (Å²) in [5.74, 6) is 0.959. The molecule has 0 spiro atoms. The molecule has 4 rings (SSSR count). The van der Waals surface area contributed by atoms with Crippen LogP contribution in [0.15, 0.2) is 76.3 Å². The molecule has 0 radical (unpaired) electrons. The predicted octanol–water partition coefficient (Wildman–Crippen LogP) is 5.01. The van der Waals surface area contributed by atoms with Crippen LogP contribution in [0.1, 0.15) is 29.7 Å². The second kappa shape index (κ2) is 6.78. The molecule has 0 N–H and O–H groups in total. The summed E-state index contributed by atoms with van der Waals surface area (Å²) in [6, 6.07) is 22.4. The van der Waals surface area contributed by atoms with Crippen LogP contribution < -0.4 is 0 Å². The molecule has 0 aliphatic heterocycles. The van der Waals surface area contributed by atoms with E-state index in [-0.39, 0.29) is 6.04 Å². The Balaban J connectivity index is 1.60. The van der Waals surface area contributed by atoms with E-state index in [4.69, 9.17) is 9.41 Å². The van der Waals surface area contributed by atoms with Crippen molar-refractivity contribution >= 4 is 5.71 Å². The Morgan fingerprint density at radius 1 is 0.880 bits per heavy atom. The Hall–Kier alpha value is -3.12. The van der Waals surface area contributed by atoms with E-state index >= 15 is 0 Å². The van der Waals surface area contributed by atoms with Crippen LogP contribution >= 0.6 is 0 Å². The Morgan fingerprint density at radius 2 is 1.52 bits per heavy atom. The first-order valence-corrected chi connectivity index (χ1v) is 8.56. The molecule has 0 fully saturated rings. The van der Waals surface area contributed by atoms with Crippen LogP contribution in [-0.4, -0.2) is 11.8 Å². The lowest BCUT2D eigenvalue weighted by molar-refractivity contribution is 0.495. The molecule has 1 atom stereocenters. The van der Waals surface area contributed by atoms with Crippen molar-refractivity contribution in [3.05, 3.63) is 83.8 Å². The highest BCUT2D eigenvalue weighted by Crippen LogP contribution is 2.36. The van der Waals surface area contributed by atoms with Crippen molar-refractivity contribution < 1.29 is 4.42 Å². The number of furan rings is 1. The fourth-order valence-corrected chi connectivity index (χ4v) is 3.37. The third-order valence-electron chi connectivity index (χ3n) is 4.57. The molecule has 3 nitrogen and oxygen atoms in total. The van der Waals surface area contributed by atoms with Crippen molar-refractivity contribution in [1.29, 1.82) is 5.26 Å². The normalized spacial score (nSPS) is 13.0. The number of fused-ring (bicyclic) bond motifs is 3. The summed E-state index contributed by atoms with van der Waals surface area (Å²) in [7, 11) is 0. The topological polar surface area (TPSA) is 49.3 Å². The summed E-state index contributed by atoms with van der Waals surface area (Å²) in [6.45, 7) is 0. The summed E-state index contributed by atoms with van der Waals surface area (Å²) in [5, 5.41) is 9.56. The summed E-state index contributed by atoms with van der Waals surface area (Å²) >= 11 is 0. The van der Waals surface area contributed by atoms with Crippen molar-refractivity contribution in [2.45, 2.75) is 25.3 Å². The van der Waals surface area contributed by atoms with E-state index in [1.165, 1.54) is 11.1 Å². The van der Waals surface area contributed by atoms with Crippen LogP contribution in [0.4, 0.5) is 0 Å². The smallest absolute Gasteiger partial charge is 0.137 e. The molecule has 0 saturated heterocycles. The largest absolute Gasteiger partial charge is 0.469 e. The molecule has 0 bridgehead atoms. The van der Waals surface area contributed by atoms with Gasteiger partial charge in [0.1, 0.15) is 11.8 Å². The molecular weight excluding hydrogens is 308 g/mol. The molecule has 122 valence electrons. The molecular formula is C22H18N2O. The number of hydrogen-bond donors (Lipinski definition) is 0. The third kappa shape index (κ3) is 2.99. The van der Waals surface area contributed by atoms with Gasteiger partial charge in [-0.25, -0.2) is 0 Å². The predicted molar refractivity (Wildman–Crippen MR) is 98.6 cm³/mol. The first kappa shape index (κ1) is 15.4. The number of benzene rings is 2. The second-order valence-corrected chi connectivity index (χ2v) is 6.19. The zero-order valence-electron chi connectivity index (χ0n) is 13.9. The van der Waals surface area contributed by atoms with E-state index in [0.717, 1.165) is 41.9 Å². The summed E-state index contributed by atoms with van der Waals surface area (Å²) in [5.41, 5.74) is 5.58. The number of nitriles is 1. The van der Waals surface area contributed by atoms with E-state index in [1.54, 1.807) is 6.26 Å². The van der Waals surface area contributed by atoms with Gasteiger partial charge in [0.2, 0.25) is 0 Å². The summed E-state index contributed by atoms with van der Waals surface area (Å²) < 4.78 is 5.36. The lowest BCUT2D eigenvalue weighted by Gasteiger charge is -2.07. The molecule has 1 heterocycles. The van der Waals surface area contributed by atoms with Gasteiger partial charge >= 0.3 is 0 Å². The second-order valence-electron chi connectivity index (χ2n) is 6.19. The number of rotatable bonds is 5.